The maximum Gasteiger partial charge on any atom is 0.293 e. The van der Waals surface area contributed by atoms with Gasteiger partial charge in [-0.25, -0.2) is 26.3 Å². The van der Waals surface area contributed by atoms with Crippen LogP contribution in [-0.4, -0.2) is 45.2 Å². The maximum absolute atomic E-state index is 12.6. The number of rotatable bonds is 8. The van der Waals surface area contributed by atoms with Gasteiger partial charge in [0.2, 0.25) is 0 Å². The van der Waals surface area contributed by atoms with E-state index < -0.39 is 45.2 Å². The second-order valence-corrected chi connectivity index (χ2v) is 2.67. The molecule has 0 heterocycles. The number of ether oxygens (including phenoxy) is 2. The predicted molar refractivity (Wildman–Crippen MR) is 38.6 cm³/mol. The Morgan fingerprint density at radius 2 is 1.13 bits per heavy atom. The minimum atomic E-state index is -3.54. The highest BCUT2D eigenvalue weighted by Crippen LogP contribution is 2.15. The minimum Gasteiger partial charge on any atom is -0.369 e. The molecular formula is C7H10F6O2. The van der Waals surface area contributed by atoms with Crippen molar-refractivity contribution >= 4 is 0 Å². The molecule has 0 aliphatic rings. The lowest BCUT2D eigenvalue weighted by Gasteiger charge is -2.16. The summed E-state index contributed by atoms with van der Waals surface area (Å²) < 4.78 is 78.9. The molecule has 2 nitrogen and oxygen atoms in total. The van der Waals surface area contributed by atoms with Gasteiger partial charge in [0.15, 0.2) is 0 Å². The molecule has 0 rings (SSSR count). The zero-order valence-electron chi connectivity index (χ0n) is 7.57. The zero-order valence-corrected chi connectivity index (χ0v) is 7.57. The van der Waals surface area contributed by atoms with Gasteiger partial charge in [0, 0.05) is 0 Å². The molecule has 0 aromatic heterocycles. The lowest BCUT2D eigenvalue weighted by atomic mass is 10.4. The highest BCUT2D eigenvalue weighted by molar-refractivity contribution is 4.64. The summed E-state index contributed by atoms with van der Waals surface area (Å²) in [6.07, 6.45) is -5.69. The molecular weight excluding hydrogens is 230 g/mol. The van der Waals surface area contributed by atoms with E-state index >= 15 is 0 Å². The van der Waals surface area contributed by atoms with Crippen LogP contribution in [0.3, 0.4) is 0 Å². The molecule has 0 amide bonds. The van der Waals surface area contributed by atoms with Crippen LogP contribution in [0.25, 0.3) is 0 Å². The smallest absolute Gasteiger partial charge is 0.293 e. The van der Waals surface area contributed by atoms with Crippen LogP contribution in [0.4, 0.5) is 26.3 Å². The van der Waals surface area contributed by atoms with Crippen LogP contribution in [0.5, 0.6) is 0 Å². The van der Waals surface area contributed by atoms with Crippen LogP contribution >= 0.6 is 0 Å². The van der Waals surface area contributed by atoms with E-state index in [2.05, 4.69) is 9.47 Å². The summed E-state index contributed by atoms with van der Waals surface area (Å²) in [5.74, 6) is -3.54. The largest absolute Gasteiger partial charge is 0.369 e. The standard InChI is InChI=1S/C7H10F6O2/c8-5(9)1-14-3-7(12,13)4-15-2-6(10)11/h5-6H,1-4H2. The molecule has 0 unspecified atom stereocenters. The fourth-order valence-electron chi connectivity index (χ4n) is 0.636. The Balaban J connectivity index is 3.57. The monoisotopic (exact) mass is 240 g/mol. The third-order valence-electron chi connectivity index (χ3n) is 1.11. The van der Waals surface area contributed by atoms with Crippen molar-refractivity contribution in [1.29, 1.82) is 0 Å². The van der Waals surface area contributed by atoms with Crippen LogP contribution < -0.4 is 0 Å². The van der Waals surface area contributed by atoms with Gasteiger partial charge in [-0.05, 0) is 0 Å². The van der Waals surface area contributed by atoms with Crippen LogP contribution in [0.15, 0.2) is 0 Å². The lowest BCUT2D eigenvalue weighted by Crippen LogP contribution is -2.31. The first-order chi connectivity index (χ1) is 6.83. The molecule has 0 aromatic carbocycles. The Hall–Kier alpha value is -0.500. The van der Waals surface area contributed by atoms with Crippen LogP contribution in [-0.2, 0) is 9.47 Å². The van der Waals surface area contributed by atoms with Crippen LogP contribution in [0.1, 0.15) is 0 Å². The average molecular weight is 240 g/mol. The van der Waals surface area contributed by atoms with Gasteiger partial charge < -0.3 is 9.47 Å². The van der Waals surface area contributed by atoms with Crippen molar-refractivity contribution in [3.8, 4) is 0 Å². The summed E-state index contributed by atoms with van der Waals surface area (Å²) >= 11 is 0. The van der Waals surface area contributed by atoms with Crippen molar-refractivity contribution in [3.63, 3.8) is 0 Å². The number of halogens is 6. The fourth-order valence-corrected chi connectivity index (χ4v) is 0.636. The molecule has 0 aliphatic heterocycles. The molecule has 15 heavy (non-hydrogen) atoms. The van der Waals surface area contributed by atoms with E-state index in [4.69, 9.17) is 0 Å². The third-order valence-corrected chi connectivity index (χ3v) is 1.11. The van der Waals surface area contributed by atoms with E-state index in [9.17, 15) is 26.3 Å². The van der Waals surface area contributed by atoms with Gasteiger partial charge in [-0.1, -0.05) is 0 Å². The Labute approximate surface area is 82.1 Å². The van der Waals surface area contributed by atoms with Gasteiger partial charge in [-0.2, -0.15) is 0 Å². The summed E-state index contributed by atoms with van der Waals surface area (Å²) in [6, 6.07) is 0. The number of hydrogen-bond acceptors (Lipinski definition) is 2. The first kappa shape index (κ1) is 14.5. The Morgan fingerprint density at radius 3 is 1.40 bits per heavy atom. The Morgan fingerprint density at radius 1 is 0.800 bits per heavy atom. The zero-order chi connectivity index (χ0) is 11.9. The van der Waals surface area contributed by atoms with Gasteiger partial charge in [0.05, 0.1) is 0 Å². The van der Waals surface area contributed by atoms with Crippen LogP contribution in [0.2, 0.25) is 0 Å². The molecule has 0 bridgehead atoms. The highest BCUT2D eigenvalue weighted by Gasteiger charge is 2.30. The molecule has 0 spiro atoms. The topological polar surface area (TPSA) is 18.5 Å². The van der Waals surface area contributed by atoms with Crippen molar-refractivity contribution in [2.75, 3.05) is 26.4 Å². The van der Waals surface area contributed by atoms with Gasteiger partial charge >= 0.3 is 0 Å². The van der Waals surface area contributed by atoms with E-state index in [0.29, 0.717) is 0 Å². The van der Waals surface area contributed by atoms with Crippen molar-refractivity contribution < 1.29 is 35.8 Å². The van der Waals surface area contributed by atoms with Crippen molar-refractivity contribution in [2.24, 2.45) is 0 Å². The normalized spacial score (nSPS) is 12.8. The van der Waals surface area contributed by atoms with Crippen molar-refractivity contribution in [2.45, 2.75) is 18.8 Å². The van der Waals surface area contributed by atoms with Gasteiger partial charge in [-0.15, -0.1) is 0 Å². The first-order valence-corrected chi connectivity index (χ1v) is 3.93. The summed E-state index contributed by atoms with van der Waals surface area (Å²) in [5.41, 5.74) is 0. The molecule has 0 N–H and O–H groups in total. The fraction of sp³-hybridized carbons (Fsp3) is 1.00. The van der Waals surface area contributed by atoms with E-state index in [0.717, 1.165) is 0 Å². The van der Waals surface area contributed by atoms with E-state index in [1.54, 1.807) is 0 Å². The van der Waals surface area contributed by atoms with E-state index in [-0.39, 0.29) is 0 Å². The molecule has 0 aliphatic carbocycles. The molecule has 0 saturated heterocycles. The second-order valence-electron chi connectivity index (χ2n) is 2.67. The Kier molecular flexibility index (Phi) is 6.66. The van der Waals surface area contributed by atoms with Crippen molar-refractivity contribution in [1.82, 2.24) is 0 Å². The molecule has 92 valence electrons. The summed E-state index contributed by atoms with van der Waals surface area (Å²) in [7, 11) is 0. The average Bonchev–Trinajstić information content (AvgIpc) is 2.01. The van der Waals surface area contributed by atoms with E-state index in [1.807, 2.05) is 0 Å². The quantitative estimate of drug-likeness (QED) is 0.605. The maximum atomic E-state index is 12.6. The molecule has 0 radical (unpaired) electrons. The summed E-state index contributed by atoms with van der Waals surface area (Å²) in [5, 5.41) is 0. The molecule has 0 atom stereocenters. The van der Waals surface area contributed by atoms with Gasteiger partial charge in [-0.3, -0.25) is 0 Å². The third kappa shape index (κ3) is 9.80. The molecule has 0 saturated carbocycles. The SMILES string of the molecule is FC(F)COCC(F)(F)COCC(F)F. The molecule has 8 heteroatoms. The lowest BCUT2D eigenvalue weighted by molar-refractivity contribution is -0.141. The molecule has 0 fully saturated rings. The van der Waals surface area contributed by atoms with Gasteiger partial charge in [0.25, 0.3) is 18.8 Å². The van der Waals surface area contributed by atoms with Gasteiger partial charge in [0.1, 0.15) is 26.4 Å². The number of alkyl halides is 6. The number of hydrogen-bond donors (Lipinski definition) is 0. The minimum absolute atomic E-state index is 1.12. The predicted octanol–water partition coefficient (Wildman–Crippen LogP) is 2.19. The first-order valence-electron chi connectivity index (χ1n) is 3.93. The second kappa shape index (κ2) is 6.89. The highest BCUT2D eigenvalue weighted by atomic mass is 19.3. The van der Waals surface area contributed by atoms with E-state index in [1.165, 1.54) is 0 Å². The van der Waals surface area contributed by atoms with Crippen molar-refractivity contribution in [3.05, 3.63) is 0 Å². The van der Waals surface area contributed by atoms with Crippen LogP contribution in [0, 0.1) is 0 Å². The molecule has 0 aromatic rings. The summed E-state index contributed by atoms with van der Waals surface area (Å²) in [6.45, 7) is -4.80. The Bertz CT molecular complexity index is 148. The summed E-state index contributed by atoms with van der Waals surface area (Å²) in [4.78, 5) is 0.